The van der Waals surface area contributed by atoms with Gasteiger partial charge in [-0.2, -0.15) is 0 Å². The van der Waals surface area contributed by atoms with Gasteiger partial charge in [0.25, 0.3) is 5.91 Å². The van der Waals surface area contributed by atoms with Crippen LogP contribution in [0.25, 0.3) is 11.1 Å². The third kappa shape index (κ3) is 3.17. The van der Waals surface area contributed by atoms with E-state index in [9.17, 15) is 24.8 Å². The summed E-state index contributed by atoms with van der Waals surface area (Å²) in [5, 5.41) is 22.9. The minimum atomic E-state index is -1.30. The monoisotopic (exact) mass is 330 g/mol. The van der Waals surface area contributed by atoms with Crippen molar-refractivity contribution >= 4 is 17.6 Å². The lowest BCUT2D eigenvalue weighted by Crippen LogP contribution is -2.17. The van der Waals surface area contributed by atoms with E-state index in [1.807, 2.05) is 0 Å². The van der Waals surface area contributed by atoms with Crippen LogP contribution in [-0.2, 0) is 0 Å². The fraction of sp³-hybridized carbons (Fsp3) is 0.125. The average Bonchev–Trinajstić information content (AvgIpc) is 2.59. The maximum Gasteiger partial charge on any atom is 0.336 e. The molecule has 0 spiro atoms. The summed E-state index contributed by atoms with van der Waals surface area (Å²) < 4.78 is 4.98. The van der Waals surface area contributed by atoms with E-state index < -0.39 is 16.6 Å². The summed E-state index contributed by atoms with van der Waals surface area (Å²) in [7, 11) is 2.77. The fourth-order valence-electron chi connectivity index (χ4n) is 2.24. The molecule has 0 aliphatic carbocycles. The quantitative estimate of drug-likeness (QED) is 0.641. The molecule has 0 saturated heterocycles. The first kappa shape index (κ1) is 16.9. The number of aromatic carboxylic acids is 1. The number of ether oxygens (including phenoxy) is 1. The molecule has 24 heavy (non-hydrogen) atoms. The summed E-state index contributed by atoms with van der Waals surface area (Å²) in [6.45, 7) is 0. The zero-order valence-corrected chi connectivity index (χ0v) is 12.9. The number of hydrogen-bond donors (Lipinski definition) is 2. The second-order valence-corrected chi connectivity index (χ2v) is 4.79. The number of rotatable bonds is 5. The molecule has 0 heterocycles. The molecule has 2 aromatic rings. The largest absolute Gasteiger partial charge is 0.490 e. The Hall–Kier alpha value is -3.42. The van der Waals surface area contributed by atoms with Crippen LogP contribution in [0.3, 0.4) is 0 Å². The van der Waals surface area contributed by atoms with E-state index in [1.165, 1.54) is 32.4 Å². The van der Waals surface area contributed by atoms with Gasteiger partial charge in [-0.25, -0.2) is 4.79 Å². The maximum absolute atomic E-state index is 11.6. The number of carbonyl (C=O) groups is 2. The summed E-state index contributed by atoms with van der Waals surface area (Å²) in [6.07, 6.45) is 0. The SMILES string of the molecule is CNC(=O)c1ccc(-c2cc(OC)c([N+](=O)[O-])cc2C(=O)O)cc1. The van der Waals surface area contributed by atoms with Crippen LogP contribution in [-0.4, -0.2) is 36.1 Å². The van der Waals surface area contributed by atoms with E-state index in [-0.39, 0.29) is 22.8 Å². The number of carboxylic acid groups (broad SMARTS) is 1. The Morgan fingerprint density at radius 3 is 2.29 bits per heavy atom. The molecule has 0 aliphatic heterocycles. The van der Waals surface area contributed by atoms with Gasteiger partial charge in [0.15, 0.2) is 5.75 Å². The van der Waals surface area contributed by atoms with Gasteiger partial charge >= 0.3 is 11.7 Å². The van der Waals surface area contributed by atoms with Crippen LogP contribution in [0.5, 0.6) is 5.75 Å². The van der Waals surface area contributed by atoms with Gasteiger partial charge in [0, 0.05) is 24.2 Å². The number of amides is 1. The second kappa shape index (κ2) is 6.78. The van der Waals surface area contributed by atoms with E-state index in [0.717, 1.165) is 6.07 Å². The highest BCUT2D eigenvalue weighted by Crippen LogP contribution is 2.35. The van der Waals surface area contributed by atoms with Crippen LogP contribution in [0.1, 0.15) is 20.7 Å². The maximum atomic E-state index is 11.6. The smallest absolute Gasteiger partial charge is 0.336 e. The Morgan fingerprint density at radius 1 is 1.21 bits per heavy atom. The van der Waals surface area contributed by atoms with Gasteiger partial charge in [-0.1, -0.05) is 12.1 Å². The van der Waals surface area contributed by atoms with Gasteiger partial charge in [0.05, 0.1) is 17.6 Å². The van der Waals surface area contributed by atoms with Gasteiger partial charge in [-0.15, -0.1) is 0 Å². The van der Waals surface area contributed by atoms with Crippen molar-refractivity contribution in [2.45, 2.75) is 0 Å². The van der Waals surface area contributed by atoms with Crippen LogP contribution >= 0.6 is 0 Å². The number of methoxy groups -OCH3 is 1. The zero-order valence-electron chi connectivity index (χ0n) is 12.9. The molecule has 0 unspecified atom stereocenters. The molecule has 1 amide bonds. The van der Waals surface area contributed by atoms with Gasteiger partial charge in [0.1, 0.15) is 0 Å². The highest BCUT2D eigenvalue weighted by molar-refractivity contribution is 5.98. The van der Waals surface area contributed by atoms with Crippen LogP contribution < -0.4 is 10.1 Å². The normalized spacial score (nSPS) is 10.1. The number of nitrogens with zero attached hydrogens (tertiary/aromatic N) is 1. The van der Waals surface area contributed by atoms with E-state index in [2.05, 4.69) is 5.32 Å². The van der Waals surface area contributed by atoms with E-state index in [0.29, 0.717) is 11.1 Å². The minimum Gasteiger partial charge on any atom is -0.490 e. The first-order valence-electron chi connectivity index (χ1n) is 6.81. The van der Waals surface area contributed by atoms with Crippen molar-refractivity contribution in [2.24, 2.45) is 0 Å². The molecule has 0 aromatic heterocycles. The highest BCUT2D eigenvalue weighted by Gasteiger charge is 2.23. The molecule has 0 atom stereocenters. The number of hydrogen-bond acceptors (Lipinski definition) is 5. The number of nitrogens with one attached hydrogen (secondary N) is 1. The van der Waals surface area contributed by atoms with Crippen molar-refractivity contribution in [3.05, 3.63) is 57.6 Å². The van der Waals surface area contributed by atoms with E-state index in [4.69, 9.17) is 4.74 Å². The van der Waals surface area contributed by atoms with Crippen molar-refractivity contribution in [3.8, 4) is 16.9 Å². The topological polar surface area (TPSA) is 119 Å². The van der Waals surface area contributed by atoms with Gasteiger partial charge < -0.3 is 15.2 Å². The molecular weight excluding hydrogens is 316 g/mol. The summed E-state index contributed by atoms with van der Waals surface area (Å²) in [4.78, 5) is 33.4. The van der Waals surface area contributed by atoms with Gasteiger partial charge in [-0.05, 0) is 23.8 Å². The molecule has 2 aromatic carbocycles. The molecule has 2 rings (SSSR count). The molecule has 0 aliphatic rings. The molecule has 2 N–H and O–H groups in total. The Kier molecular flexibility index (Phi) is 4.78. The third-order valence-electron chi connectivity index (χ3n) is 3.43. The van der Waals surface area contributed by atoms with Crippen LogP contribution in [0.15, 0.2) is 36.4 Å². The van der Waals surface area contributed by atoms with Crippen molar-refractivity contribution < 1.29 is 24.4 Å². The Morgan fingerprint density at radius 2 is 1.83 bits per heavy atom. The van der Waals surface area contributed by atoms with E-state index in [1.54, 1.807) is 12.1 Å². The third-order valence-corrected chi connectivity index (χ3v) is 3.43. The second-order valence-electron chi connectivity index (χ2n) is 4.79. The van der Waals surface area contributed by atoms with Crippen molar-refractivity contribution in [1.82, 2.24) is 5.32 Å². The Labute approximate surface area is 136 Å². The molecule has 124 valence electrons. The fourth-order valence-corrected chi connectivity index (χ4v) is 2.24. The summed E-state index contributed by atoms with van der Waals surface area (Å²) in [5.74, 6) is -1.62. The molecule has 0 bridgehead atoms. The predicted octanol–water partition coefficient (Wildman–Crippen LogP) is 2.33. The summed E-state index contributed by atoms with van der Waals surface area (Å²) in [5.41, 5.74) is 0.504. The van der Waals surface area contributed by atoms with Crippen molar-refractivity contribution in [1.29, 1.82) is 0 Å². The van der Waals surface area contributed by atoms with Crippen LogP contribution in [0.2, 0.25) is 0 Å². The Balaban J connectivity index is 2.62. The molecule has 8 heteroatoms. The first-order chi connectivity index (χ1) is 11.4. The lowest BCUT2D eigenvalue weighted by atomic mass is 9.97. The molecule has 0 radical (unpaired) electrons. The molecule has 0 fully saturated rings. The lowest BCUT2D eigenvalue weighted by Gasteiger charge is -2.10. The first-order valence-corrected chi connectivity index (χ1v) is 6.81. The number of nitro groups is 1. The highest BCUT2D eigenvalue weighted by atomic mass is 16.6. The van der Waals surface area contributed by atoms with Crippen molar-refractivity contribution in [3.63, 3.8) is 0 Å². The number of nitro benzene ring substituents is 1. The molecular formula is C16H14N2O6. The van der Waals surface area contributed by atoms with E-state index >= 15 is 0 Å². The standard InChI is InChI=1S/C16H14N2O6/c1-17-15(19)10-5-3-9(4-6-10)11-8-14(24-2)13(18(22)23)7-12(11)16(20)21/h3-8H,1-2H3,(H,17,19)(H,20,21). The number of carboxylic acids is 1. The predicted molar refractivity (Wildman–Crippen MR) is 85.4 cm³/mol. The lowest BCUT2D eigenvalue weighted by molar-refractivity contribution is -0.385. The summed E-state index contributed by atoms with van der Waals surface area (Å²) in [6, 6.07) is 8.47. The Bertz CT molecular complexity index is 814. The van der Waals surface area contributed by atoms with Crippen LogP contribution in [0, 0.1) is 10.1 Å². The van der Waals surface area contributed by atoms with Crippen molar-refractivity contribution in [2.75, 3.05) is 14.2 Å². The molecule has 8 nitrogen and oxygen atoms in total. The van der Waals surface area contributed by atoms with Crippen LogP contribution in [0.4, 0.5) is 5.69 Å². The number of carbonyl (C=O) groups excluding carboxylic acids is 1. The zero-order chi connectivity index (χ0) is 17.9. The number of benzene rings is 2. The minimum absolute atomic E-state index is 0.0459. The van der Waals surface area contributed by atoms with Gasteiger partial charge in [0.2, 0.25) is 0 Å². The van der Waals surface area contributed by atoms with Gasteiger partial charge in [-0.3, -0.25) is 14.9 Å². The summed E-state index contributed by atoms with van der Waals surface area (Å²) >= 11 is 0. The average molecular weight is 330 g/mol. The molecule has 0 saturated carbocycles.